The van der Waals surface area contributed by atoms with Gasteiger partial charge in [-0.25, -0.2) is 0 Å². The highest BCUT2D eigenvalue weighted by Crippen LogP contribution is 2.13. The van der Waals surface area contributed by atoms with E-state index in [9.17, 15) is 38.7 Å². The smallest absolute Gasteiger partial charge is 0.243 e. The molecule has 0 unspecified atom stereocenters. The van der Waals surface area contributed by atoms with Crippen molar-refractivity contribution in [1.82, 2.24) is 31.9 Å². The van der Waals surface area contributed by atoms with Gasteiger partial charge < -0.3 is 59.9 Å². The van der Waals surface area contributed by atoms with Gasteiger partial charge in [0, 0.05) is 19.4 Å². The molecule has 3 rings (SSSR count). The van der Waals surface area contributed by atoms with Crippen LogP contribution < -0.4 is 54.8 Å². The van der Waals surface area contributed by atoms with Crippen molar-refractivity contribution in [3.8, 4) is 5.75 Å². The summed E-state index contributed by atoms with van der Waals surface area (Å²) in [6, 6.07) is 16.0. The minimum Gasteiger partial charge on any atom is -0.508 e. The Kier molecular flexibility index (Phi) is 20.7. The summed E-state index contributed by atoms with van der Waals surface area (Å²) < 4.78 is 0. The Balaban J connectivity index is 1.75. The van der Waals surface area contributed by atoms with E-state index in [2.05, 4.69) is 36.9 Å². The molecule has 7 atom stereocenters. The minimum atomic E-state index is -1.24. The van der Waals surface area contributed by atoms with Crippen molar-refractivity contribution in [3.63, 3.8) is 0 Å². The molecule has 64 heavy (non-hydrogen) atoms. The average Bonchev–Trinajstić information content (AvgIpc) is 3.24. The van der Waals surface area contributed by atoms with Gasteiger partial charge >= 0.3 is 0 Å². The number of phenolic OH excluding ortho intramolecular Hbond substituents is 1. The first-order valence-corrected chi connectivity index (χ1v) is 21.1. The number of hydrogen-bond acceptors (Lipinski definition) is 10. The number of aliphatic imine (C=N–C) groups is 1. The quantitative estimate of drug-likeness (QED) is 0.0287. The van der Waals surface area contributed by atoms with Gasteiger partial charge in [0.1, 0.15) is 42.0 Å². The standard InChI is InChI=1S/C45H63N11O8/c1-26(2)22-36(43(63)53-34(16-11-21-50-45(48)49)42(62)54-35(38(47)58)24-29-12-7-5-8-13-29)56-44(64)37(25-30-14-9-6-10-15-30)55-40(60)28(4)51-39(59)27(3)52-41(61)33(46)23-31-17-19-32(57)20-18-31/h5-10,12-15,17-20,26-28,33-37,57H,11,16,21-25,46H2,1-4H3,(H2,47,58)(H,51,59)(H,52,61)(H,53,63)(H,54,62)(H,55,60)(H,56,64)(H4,48,49,50)/t27-,28+,33-,34-,35-,36+,37-/m0/s1. The number of phenols is 1. The van der Waals surface area contributed by atoms with Crippen LogP contribution in [0.15, 0.2) is 89.9 Å². The van der Waals surface area contributed by atoms with E-state index < -0.39 is 83.6 Å². The van der Waals surface area contributed by atoms with Gasteiger partial charge in [0.25, 0.3) is 0 Å². The minimum absolute atomic E-state index is 0.00617. The van der Waals surface area contributed by atoms with Crippen LogP contribution in [0, 0.1) is 5.92 Å². The van der Waals surface area contributed by atoms with Gasteiger partial charge in [0.05, 0.1) is 6.04 Å². The van der Waals surface area contributed by atoms with Gasteiger partial charge in [-0.15, -0.1) is 0 Å². The highest BCUT2D eigenvalue weighted by molar-refractivity contribution is 5.97. The zero-order valence-electron chi connectivity index (χ0n) is 36.7. The Bertz CT molecular complexity index is 2050. The third-order valence-electron chi connectivity index (χ3n) is 10.0. The van der Waals surface area contributed by atoms with Crippen LogP contribution in [-0.4, -0.2) is 101 Å². The Morgan fingerprint density at radius 2 is 0.969 bits per heavy atom. The normalized spacial score (nSPS) is 14.2. The van der Waals surface area contributed by atoms with Crippen molar-refractivity contribution >= 4 is 47.3 Å². The van der Waals surface area contributed by atoms with Gasteiger partial charge in [0.2, 0.25) is 41.4 Å². The second-order valence-corrected chi connectivity index (χ2v) is 16.0. The molecule has 19 heteroatoms. The number of nitrogens with one attached hydrogen (secondary N) is 6. The second-order valence-electron chi connectivity index (χ2n) is 16.0. The number of guanidine groups is 1. The average molecular weight is 886 g/mol. The van der Waals surface area contributed by atoms with Crippen LogP contribution in [0.2, 0.25) is 0 Å². The summed E-state index contributed by atoms with van der Waals surface area (Å²) in [4.78, 5) is 97.8. The molecule has 0 aliphatic carbocycles. The molecule has 19 nitrogen and oxygen atoms in total. The molecule has 0 aliphatic heterocycles. The lowest BCUT2D eigenvalue weighted by atomic mass is 10.00. The van der Waals surface area contributed by atoms with E-state index in [0.29, 0.717) is 11.1 Å². The second kappa shape index (κ2) is 25.8. The molecule has 0 aromatic heterocycles. The monoisotopic (exact) mass is 885 g/mol. The number of nitrogens with zero attached hydrogens (tertiary/aromatic N) is 1. The maximum atomic E-state index is 14.1. The molecular formula is C45H63N11O8. The van der Waals surface area contributed by atoms with Crippen molar-refractivity contribution < 1.29 is 38.7 Å². The van der Waals surface area contributed by atoms with Crippen molar-refractivity contribution in [2.45, 2.75) is 109 Å². The molecule has 0 radical (unpaired) electrons. The first kappa shape index (κ1) is 51.3. The molecule has 0 aliphatic rings. The van der Waals surface area contributed by atoms with E-state index in [0.717, 1.165) is 5.56 Å². The summed E-state index contributed by atoms with van der Waals surface area (Å²) in [6.07, 6.45) is 0.709. The summed E-state index contributed by atoms with van der Waals surface area (Å²) in [5.41, 5.74) is 24.8. The van der Waals surface area contributed by atoms with Gasteiger partial charge in [-0.2, -0.15) is 0 Å². The number of carbonyl (C=O) groups is 7. The fourth-order valence-electron chi connectivity index (χ4n) is 6.49. The molecular weight excluding hydrogens is 823 g/mol. The lowest BCUT2D eigenvalue weighted by Gasteiger charge is -2.27. The highest BCUT2D eigenvalue weighted by Gasteiger charge is 2.33. The third kappa shape index (κ3) is 18.1. The van der Waals surface area contributed by atoms with E-state index in [1.165, 1.54) is 26.0 Å². The number of hydrogen-bond donors (Lipinski definition) is 11. The van der Waals surface area contributed by atoms with Crippen molar-refractivity contribution in [1.29, 1.82) is 0 Å². The van der Waals surface area contributed by atoms with Crippen LogP contribution in [0.25, 0.3) is 0 Å². The number of aromatic hydroxyl groups is 1. The van der Waals surface area contributed by atoms with E-state index in [1.54, 1.807) is 66.7 Å². The Morgan fingerprint density at radius 1 is 0.531 bits per heavy atom. The first-order valence-electron chi connectivity index (χ1n) is 21.1. The predicted molar refractivity (Wildman–Crippen MR) is 242 cm³/mol. The molecule has 0 spiro atoms. The van der Waals surface area contributed by atoms with Crippen molar-refractivity contribution in [2.75, 3.05) is 6.54 Å². The lowest BCUT2D eigenvalue weighted by molar-refractivity contribution is -0.135. The zero-order chi connectivity index (χ0) is 47.3. The number of primary amides is 1. The molecule has 0 heterocycles. The van der Waals surface area contributed by atoms with Gasteiger partial charge in [0.15, 0.2) is 5.96 Å². The molecule has 3 aromatic rings. The van der Waals surface area contributed by atoms with Crippen LogP contribution in [0.3, 0.4) is 0 Å². The largest absolute Gasteiger partial charge is 0.508 e. The number of nitrogens with two attached hydrogens (primary N) is 4. The maximum absolute atomic E-state index is 14.1. The SMILES string of the molecule is CC(C)C[C@@H](NC(=O)[C@H](Cc1ccccc1)NC(=O)[C@@H](C)NC(=O)[C@H](C)NC(=O)[C@@H](N)Cc1ccc(O)cc1)C(=O)N[C@@H](CCCN=C(N)N)C(=O)N[C@@H](Cc1ccccc1)C(N)=O. The molecule has 346 valence electrons. The van der Waals surface area contributed by atoms with Crippen molar-refractivity contribution in [2.24, 2.45) is 33.8 Å². The number of carbonyl (C=O) groups excluding carboxylic acids is 7. The fraction of sp³-hybridized carbons (Fsp3) is 0.422. The molecule has 7 amide bonds. The first-order chi connectivity index (χ1) is 30.3. The number of rotatable bonds is 25. The maximum Gasteiger partial charge on any atom is 0.243 e. The van der Waals surface area contributed by atoms with E-state index in [-0.39, 0.29) is 62.7 Å². The highest BCUT2D eigenvalue weighted by atomic mass is 16.3. The summed E-state index contributed by atoms with van der Waals surface area (Å²) in [5.74, 6) is -5.14. The number of amides is 7. The summed E-state index contributed by atoms with van der Waals surface area (Å²) >= 11 is 0. The Labute approximate surface area is 373 Å². The van der Waals surface area contributed by atoms with E-state index in [1.807, 2.05) is 19.9 Å². The predicted octanol–water partition coefficient (Wildman–Crippen LogP) is -0.719. The topological polar surface area (TPSA) is 328 Å². The van der Waals surface area contributed by atoms with Gasteiger partial charge in [-0.05, 0) is 74.3 Å². The Morgan fingerprint density at radius 3 is 1.50 bits per heavy atom. The third-order valence-corrected chi connectivity index (χ3v) is 10.0. The van der Waals surface area contributed by atoms with Crippen LogP contribution in [-0.2, 0) is 52.8 Å². The van der Waals surface area contributed by atoms with Gasteiger partial charge in [-0.1, -0.05) is 86.6 Å². The van der Waals surface area contributed by atoms with E-state index in [4.69, 9.17) is 22.9 Å². The lowest BCUT2D eigenvalue weighted by Crippen LogP contribution is -2.60. The molecule has 0 fully saturated rings. The molecule has 15 N–H and O–H groups in total. The van der Waals surface area contributed by atoms with Crippen LogP contribution in [0.5, 0.6) is 5.75 Å². The summed E-state index contributed by atoms with van der Waals surface area (Å²) in [6.45, 7) is 6.66. The zero-order valence-corrected chi connectivity index (χ0v) is 36.7. The molecule has 3 aromatic carbocycles. The van der Waals surface area contributed by atoms with Crippen LogP contribution in [0.4, 0.5) is 0 Å². The van der Waals surface area contributed by atoms with Crippen LogP contribution >= 0.6 is 0 Å². The molecule has 0 saturated heterocycles. The summed E-state index contributed by atoms with van der Waals surface area (Å²) in [7, 11) is 0. The van der Waals surface area contributed by atoms with Gasteiger partial charge in [-0.3, -0.25) is 38.6 Å². The van der Waals surface area contributed by atoms with E-state index >= 15 is 0 Å². The summed E-state index contributed by atoms with van der Waals surface area (Å²) in [5, 5.41) is 25.4. The molecule has 0 bridgehead atoms. The molecule has 0 saturated carbocycles. The van der Waals surface area contributed by atoms with Crippen molar-refractivity contribution in [3.05, 3.63) is 102 Å². The number of benzene rings is 3. The van der Waals surface area contributed by atoms with Crippen LogP contribution in [0.1, 0.15) is 63.6 Å². The fourth-order valence-corrected chi connectivity index (χ4v) is 6.49. The Hall–Kier alpha value is -7.02.